The Morgan fingerprint density at radius 3 is 2.77 bits per heavy atom. The lowest BCUT2D eigenvalue weighted by Crippen LogP contribution is -2.52. The molecule has 5 nitrogen and oxygen atoms in total. The topological polar surface area (TPSA) is 47.9 Å². The Morgan fingerprint density at radius 1 is 1.19 bits per heavy atom. The number of hydrazone groups is 1. The number of anilines is 1. The van der Waals surface area contributed by atoms with Gasteiger partial charge in [0.2, 0.25) is 6.17 Å². The number of halogens is 2. The van der Waals surface area contributed by atoms with Crippen LogP contribution in [0, 0.1) is 5.82 Å². The molecule has 0 saturated carbocycles. The van der Waals surface area contributed by atoms with E-state index in [1.54, 1.807) is 22.1 Å². The lowest BCUT2D eigenvalue weighted by Gasteiger charge is -2.31. The molecule has 26 heavy (non-hydrogen) atoms. The van der Waals surface area contributed by atoms with Crippen LogP contribution in [0.25, 0.3) is 0 Å². The molecule has 0 radical (unpaired) electrons. The van der Waals surface area contributed by atoms with Gasteiger partial charge in [-0.25, -0.2) is 4.39 Å². The molecule has 0 aliphatic carbocycles. The van der Waals surface area contributed by atoms with Crippen molar-refractivity contribution < 1.29 is 9.18 Å². The number of nitrogens with one attached hydrogen (secondary N) is 1. The minimum atomic E-state index is -0.571. The molecule has 1 unspecified atom stereocenters. The van der Waals surface area contributed by atoms with E-state index in [1.165, 1.54) is 23.9 Å². The van der Waals surface area contributed by atoms with Crippen LogP contribution in [0.5, 0.6) is 0 Å². The third-order valence-electron chi connectivity index (χ3n) is 3.99. The zero-order valence-corrected chi connectivity index (χ0v) is 15.9. The smallest absolute Gasteiger partial charge is 0.276 e. The molecule has 2 heterocycles. The first-order valence-electron chi connectivity index (χ1n) is 7.87. The number of benzene rings is 2. The van der Waals surface area contributed by atoms with Gasteiger partial charge in [0, 0.05) is 28.3 Å². The summed E-state index contributed by atoms with van der Waals surface area (Å²) in [5, 5.41) is 4.95. The molecule has 0 bridgehead atoms. The van der Waals surface area contributed by atoms with E-state index >= 15 is 0 Å². The van der Waals surface area contributed by atoms with E-state index in [4.69, 9.17) is 0 Å². The van der Waals surface area contributed by atoms with Crippen molar-refractivity contribution in [1.82, 2.24) is 10.3 Å². The molecule has 132 valence electrons. The van der Waals surface area contributed by atoms with Crippen molar-refractivity contribution >= 4 is 44.5 Å². The van der Waals surface area contributed by atoms with Crippen LogP contribution in [0.4, 0.5) is 10.1 Å². The number of thioether (sulfide) groups is 1. The number of carbonyl (C=O) groups is 1. The fourth-order valence-electron chi connectivity index (χ4n) is 2.71. The zero-order valence-electron chi connectivity index (χ0n) is 13.5. The van der Waals surface area contributed by atoms with E-state index in [2.05, 4.69) is 26.5 Å². The molecule has 1 atom stereocenters. The van der Waals surface area contributed by atoms with Crippen LogP contribution in [0.3, 0.4) is 0 Å². The molecule has 0 fully saturated rings. The van der Waals surface area contributed by atoms with Crippen molar-refractivity contribution in [1.29, 1.82) is 0 Å². The lowest BCUT2D eigenvalue weighted by molar-refractivity contribution is -0.122. The lowest BCUT2D eigenvalue weighted by atomic mass is 10.2. The summed E-state index contributed by atoms with van der Waals surface area (Å²) in [6.45, 7) is 0. The summed E-state index contributed by atoms with van der Waals surface area (Å²) in [4.78, 5) is 16.2. The minimum Gasteiger partial charge on any atom is -0.294 e. The molecule has 2 aliphatic rings. The van der Waals surface area contributed by atoms with E-state index in [0.717, 1.165) is 15.7 Å². The predicted molar refractivity (Wildman–Crippen MR) is 105 cm³/mol. The fourth-order valence-corrected chi connectivity index (χ4v) is 3.88. The Balaban J connectivity index is 1.47. The van der Waals surface area contributed by atoms with Crippen molar-refractivity contribution in [2.75, 3.05) is 4.90 Å². The van der Waals surface area contributed by atoms with Crippen LogP contribution < -0.4 is 10.3 Å². The number of amidine groups is 1. The van der Waals surface area contributed by atoms with Crippen molar-refractivity contribution in [3.63, 3.8) is 0 Å². The van der Waals surface area contributed by atoms with Gasteiger partial charge in [0.05, 0.1) is 0 Å². The van der Waals surface area contributed by atoms with Crippen molar-refractivity contribution in [2.45, 2.75) is 11.9 Å². The average Bonchev–Trinajstić information content (AvgIpc) is 3.05. The highest BCUT2D eigenvalue weighted by molar-refractivity contribution is 9.10. The standard InChI is InChI=1S/C18H14BrFN4OS/c19-13-4-6-15(7-5-13)23-8-9-24-16(17(23)25)21-22-18(24)26-11-12-2-1-3-14(20)10-12/h1-10,16,21H,11H2. The van der Waals surface area contributed by atoms with Gasteiger partial charge in [0.1, 0.15) is 5.82 Å². The van der Waals surface area contributed by atoms with Gasteiger partial charge in [-0.1, -0.05) is 39.8 Å². The van der Waals surface area contributed by atoms with E-state index in [9.17, 15) is 9.18 Å². The highest BCUT2D eigenvalue weighted by atomic mass is 79.9. The maximum atomic E-state index is 13.3. The molecule has 8 heteroatoms. The number of nitrogens with zero attached hydrogens (tertiary/aromatic N) is 3. The minimum absolute atomic E-state index is 0.111. The second kappa shape index (κ2) is 7.13. The molecule has 0 aromatic heterocycles. The summed E-state index contributed by atoms with van der Waals surface area (Å²) < 4.78 is 14.2. The Morgan fingerprint density at radius 2 is 2.00 bits per heavy atom. The van der Waals surface area contributed by atoms with Gasteiger partial charge in [0.15, 0.2) is 5.17 Å². The molecule has 1 amide bonds. The van der Waals surface area contributed by atoms with Crippen LogP contribution in [0.15, 0.2) is 70.5 Å². The summed E-state index contributed by atoms with van der Waals surface area (Å²) in [5.41, 5.74) is 4.54. The summed E-state index contributed by atoms with van der Waals surface area (Å²) in [7, 11) is 0. The number of amides is 1. The van der Waals surface area contributed by atoms with Crippen LogP contribution >= 0.6 is 27.7 Å². The van der Waals surface area contributed by atoms with Gasteiger partial charge >= 0.3 is 0 Å². The first-order chi connectivity index (χ1) is 12.6. The third kappa shape index (κ3) is 3.34. The van der Waals surface area contributed by atoms with Crippen molar-refractivity contribution in [3.8, 4) is 0 Å². The SMILES string of the molecule is O=C1C2NN=C(SCc3cccc(F)c3)N2C=CN1c1ccc(Br)cc1. The second-order valence-electron chi connectivity index (χ2n) is 5.73. The van der Waals surface area contributed by atoms with Gasteiger partial charge in [0.25, 0.3) is 5.91 Å². The van der Waals surface area contributed by atoms with Gasteiger partial charge in [-0.3, -0.25) is 20.0 Å². The highest BCUT2D eigenvalue weighted by Crippen LogP contribution is 2.27. The zero-order chi connectivity index (χ0) is 18.1. The van der Waals surface area contributed by atoms with E-state index in [0.29, 0.717) is 10.9 Å². The second-order valence-corrected chi connectivity index (χ2v) is 7.59. The normalized spacial score (nSPS) is 18.6. The number of rotatable bonds is 3. The predicted octanol–water partition coefficient (Wildman–Crippen LogP) is 3.84. The molecular weight excluding hydrogens is 419 g/mol. The van der Waals surface area contributed by atoms with Gasteiger partial charge in [-0.05, 0) is 42.0 Å². The fraction of sp³-hybridized carbons (Fsp3) is 0.111. The molecule has 0 spiro atoms. The number of fused-ring (bicyclic) bond motifs is 1. The Labute approximate surface area is 162 Å². The van der Waals surface area contributed by atoms with Gasteiger partial charge in [-0.2, -0.15) is 5.10 Å². The van der Waals surface area contributed by atoms with Crippen molar-refractivity contribution in [2.24, 2.45) is 5.10 Å². The van der Waals surface area contributed by atoms with Crippen LogP contribution in [0.2, 0.25) is 0 Å². The molecule has 2 aliphatic heterocycles. The Hall–Kier alpha value is -2.32. The maximum Gasteiger partial charge on any atom is 0.276 e. The van der Waals surface area contributed by atoms with Crippen molar-refractivity contribution in [3.05, 3.63) is 76.8 Å². The number of carbonyl (C=O) groups excluding carboxylic acids is 1. The number of hydrogen-bond acceptors (Lipinski definition) is 5. The summed E-state index contributed by atoms with van der Waals surface area (Å²) in [6, 6.07) is 14.0. The third-order valence-corrected chi connectivity index (χ3v) is 5.56. The highest BCUT2D eigenvalue weighted by Gasteiger charge is 2.38. The van der Waals surface area contributed by atoms with Crippen LogP contribution in [0.1, 0.15) is 5.56 Å². The van der Waals surface area contributed by atoms with Crippen LogP contribution in [-0.4, -0.2) is 22.1 Å². The molecule has 1 N–H and O–H groups in total. The summed E-state index contributed by atoms with van der Waals surface area (Å²) in [5.74, 6) is 0.200. The summed E-state index contributed by atoms with van der Waals surface area (Å²) in [6.07, 6.45) is 2.98. The maximum absolute atomic E-state index is 13.3. The Kier molecular flexibility index (Phi) is 4.69. The first-order valence-corrected chi connectivity index (χ1v) is 9.65. The molecule has 4 rings (SSSR count). The first kappa shape index (κ1) is 17.1. The molecule has 2 aromatic rings. The summed E-state index contributed by atoms with van der Waals surface area (Å²) >= 11 is 4.84. The quantitative estimate of drug-likeness (QED) is 0.800. The number of hydrogen-bond donors (Lipinski definition) is 1. The van der Waals surface area contributed by atoms with Crippen LogP contribution in [-0.2, 0) is 10.5 Å². The van der Waals surface area contributed by atoms with E-state index in [-0.39, 0.29) is 11.7 Å². The van der Waals surface area contributed by atoms with Gasteiger partial charge < -0.3 is 0 Å². The monoisotopic (exact) mass is 432 g/mol. The molecular formula is C18H14BrFN4OS. The van der Waals surface area contributed by atoms with E-state index < -0.39 is 6.17 Å². The largest absolute Gasteiger partial charge is 0.294 e. The molecule has 0 saturated heterocycles. The Bertz CT molecular complexity index is 902. The van der Waals surface area contributed by atoms with Gasteiger partial charge in [-0.15, -0.1) is 0 Å². The average molecular weight is 433 g/mol. The molecule has 2 aromatic carbocycles. The van der Waals surface area contributed by atoms with E-state index in [1.807, 2.05) is 36.5 Å².